The molecule has 0 saturated heterocycles. The number of aryl methyl sites for hydroxylation is 1. The third kappa shape index (κ3) is 3.16. The molecule has 0 bridgehead atoms. The van der Waals surface area contributed by atoms with E-state index in [2.05, 4.69) is 14.7 Å². The van der Waals surface area contributed by atoms with Gasteiger partial charge in [-0.25, -0.2) is 4.83 Å². The first kappa shape index (κ1) is 14.5. The van der Waals surface area contributed by atoms with E-state index in [1.165, 1.54) is 19.2 Å². The molecule has 1 aliphatic carbocycles. The van der Waals surface area contributed by atoms with Crippen LogP contribution in [-0.2, 0) is 19.6 Å². The van der Waals surface area contributed by atoms with Crippen molar-refractivity contribution in [1.29, 1.82) is 0 Å². The monoisotopic (exact) mass is 296 g/mol. The first-order chi connectivity index (χ1) is 9.42. The third-order valence-corrected chi connectivity index (χ3v) is 4.38. The molecule has 0 spiro atoms. The molecule has 1 aliphatic rings. The summed E-state index contributed by atoms with van der Waals surface area (Å²) < 4.78 is 28.5. The number of rotatable bonds is 4. The topological polar surface area (TPSA) is 84.8 Å². The van der Waals surface area contributed by atoms with Gasteiger partial charge in [-0.2, -0.15) is 13.5 Å². The van der Waals surface area contributed by atoms with Crippen molar-refractivity contribution < 1.29 is 17.9 Å². The van der Waals surface area contributed by atoms with Crippen LogP contribution in [0.1, 0.15) is 18.4 Å². The number of esters is 1. The molecule has 0 heterocycles. The minimum atomic E-state index is -3.65. The van der Waals surface area contributed by atoms with Crippen LogP contribution in [0.25, 0.3) is 0 Å². The van der Waals surface area contributed by atoms with Crippen LogP contribution in [0.4, 0.5) is 0 Å². The van der Waals surface area contributed by atoms with E-state index in [1.807, 2.05) is 6.92 Å². The van der Waals surface area contributed by atoms with Crippen molar-refractivity contribution in [1.82, 2.24) is 4.83 Å². The number of hydrazone groups is 1. The molecule has 0 amide bonds. The normalized spacial score (nSPS) is 18.1. The van der Waals surface area contributed by atoms with E-state index in [1.54, 1.807) is 12.1 Å². The maximum atomic E-state index is 11.9. The van der Waals surface area contributed by atoms with Gasteiger partial charge in [-0.15, -0.1) is 0 Å². The Labute approximate surface area is 117 Å². The smallest absolute Gasteiger partial charge is 0.309 e. The lowest BCUT2D eigenvalue weighted by Crippen LogP contribution is -2.33. The lowest BCUT2D eigenvalue weighted by Gasteiger charge is -2.24. The average Bonchev–Trinajstić information content (AvgIpc) is 2.36. The summed E-state index contributed by atoms with van der Waals surface area (Å²) in [5.74, 6) is -0.493. The summed E-state index contributed by atoms with van der Waals surface area (Å²) in [6.45, 7) is 1.88. The Bertz CT molecular complexity index is 627. The van der Waals surface area contributed by atoms with E-state index >= 15 is 0 Å². The molecular weight excluding hydrogens is 280 g/mol. The maximum absolute atomic E-state index is 11.9. The Kier molecular flexibility index (Phi) is 4.08. The van der Waals surface area contributed by atoms with Crippen LogP contribution in [0.15, 0.2) is 34.3 Å². The molecule has 0 atom stereocenters. The summed E-state index contributed by atoms with van der Waals surface area (Å²) in [6.07, 6.45) is 0.867. The fourth-order valence-electron chi connectivity index (χ4n) is 1.83. The van der Waals surface area contributed by atoms with Gasteiger partial charge in [-0.1, -0.05) is 17.7 Å². The molecule has 6 nitrogen and oxygen atoms in total. The minimum absolute atomic E-state index is 0.163. The standard InChI is InChI=1S/C13H16N2O4S/c1-9-3-5-12(6-4-9)20(17,18)15-14-11-7-10(8-11)13(16)19-2/h3-6,10,15H,7-8H2,1-2H3. The fraction of sp³-hybridized carbons (Fsp3) is 0.385. The number of ether oxygens (including phenoxy) is 1. The van der Waals surface area contributed by atoms with E-state index in [0.717, 1.165) is 5.56 Å². The zero-order chi connectivity index (χ0) is 14.8. The predicted octanol–water partition coefficient (Wildman–Crippen LogP) is 1.21. The molecule has 0 unspecified atom stereocenters. The molecule has 1 saturated carbocycles. The lowest BCUT2D eigenvalue weighted by molar-refractivity contribution is -0.145. The van der Waals surface area contributed by atoms with Crippen LogP contribution in [-0.4, -0.2) is 27.2 Å². The van der Waals surface area contributed by atoms with Gasteiger partial charge >= 0.3 is 5.97 Å². The van der Waals surface area contributed by atoms with Crippen LogP contribution >= 0.6 is 0 Å². The molecule has 1 aromatic carbocycles. The summed E-state index contributed by atoms with van der Waals surface area (Å²) in [5.41, 5.74) is 1.63. The molecule has 1 fully saturated rings. The molecule has 1 aromatic rings. The van der Waals surface area contributed by atoms with Gasteiger partial charge < -0.3 is 4.74 Å². The van der Waals surface area contributed by atoms with Crippen LogP contribution in [0.2, 0.25) is 0 Å². The number of carbonyl (C=O) groups excluding carboxylic acids is 1. The Morgan fingerprint density at radius 3 is 2.45 bits per heavy atom. The predicted molar refractivity (Wildman–Crippen MR) is 73.7 cm³/mol. The number of hydrogen-bond acceptors (Lipinski definition) is 5. The van der Waals surface area contributed by atoms with Gasteiger partial charge in [0.05, 0.1) is 17.9 Å². The Balaban J connectivity index is 1.97. The van der Waals surface area contributed by atoms with Gasteiger partial charge in [0.15, 0.2) is 0 Å². The molecule has 20 heavy (non-hydrogen) atoms. The number of benzene rings is 1. The van der Waals surface area contributed by atoms with Crippen molar-refractivity contribution in [2.45, 2.75) is 24.7 Å². The highest BCUT2D eigenvalue weighted by atomic mass is 32.2. The SMILES string of the molecule is COC(=O)C1CC(=NNS(=O)(=O)c2ccc(C)cc2)C1. The van der Waals surface area contributed by atoms with E-state index in [4.69, 9.17) is 0 Å². The second-order valence-corrected chi connectivity index (χ2v) is 6.37. The number of hydrogen-bond donors (Lipinski definition) is 1. The quantitative estimate of drug-likeness (QED) is 0.668. The summed E-state index contributed by atoms with van der Waals surface area (Å²) in [7, 11) is -2.31. The largest absolute Gasteiger partial charge is 0.469 e. The molecule has 7 heteroatoms. The first-order valence-electron chi connectivity index (χ1n) is 6.14. The highest BCUT2D eigenvalue weighted by Gasteiger charge is 2.32. The van der Waals surface area contributed by atoms with Crippen molar-refractivity contribution in [3.63, 3.8) is 0 Å². The summed E-state index contributed by atoms with van der Waals surface area (Å²) in [6, 6.07) is 6.49. The van der Waals surface area contributed by atoms with Crippen LogP contribution < -0.4 is 4.83 Å². The van der Waals surface area contributed by atoms with Crippen molar-refractivity contribution in [3.8, 4) is 0 Å². The van der Waals surface area contributed by atoms with Crippen LogP contribution in [0, 0.1) is 12.8 Å². The summed E-state index contributed by atoms with van der Waals surface area (Å²) in [4.78, 5) is 13.5. The van der Waals surface area contributed by atoms with Gasteiger partial charge in [0.2, 0.25) is 0 Å². The van der Waals surface area contributed by atoms with Crippen molar-refractivity contribution >= 4 is 21.7 Å². The molecular formula is C13H16N2O4S. The van der Waals surface area contributed by atoms with Crippen LogP contribution in [0.5, 0.6) is 0 Å². The van der Waals surface area contributed by atoms with Crippen molar-refractivity contribution in [2.24, 2.45) is 11.0 Å². The second-order valence-electron chi connectivity index (χ2n) is 4.71. The molecule has 0 radical (unpaired) electrons. The van der Waals surface area contributed by atoms with Gasteiger partial charge in [-0.05, 0) is 19.1 Å². The van der Waals surface area contributed by atoms with Gasteiger partial charge in [0.1, 0.15) is 0 Å². The van der Waals surface area contributed by atoms with Gasteiger partial charge in [-0.3, -0.25) is 4.79 Å². The first-order valence-corrected chi connectivity index (χ1v) is 7.62. The molecule has 0 aromatic heterocycles. The van der Waals surface area contributed by atoms with Gasteiger partial charge in [0.25, 0.3) is 10.0 Å². The summed E-state index contributed by atoms with van der Waals surface area (Å²) >= 11 is 0. The minimum Gasteiger partial charge on any atom is -0.469 e. The Morgan fingerprint density at radius 1 is 1.30 bits per heavy atom. The highest BCUT2D eigenvalue weighted by molar-refractivity contribution is 7.89. The molecule has 1 N–H and O–H groups in total. The average molecular weight is 296 g/mol. The zero-order valence-corrected chi connectivity index (χ0v) is 12.1. The molecule has 2 rings (SSSR count). The molecule has 108 valence electrons. The van der Waals surface area contributed by atoms with Crippen molar-refractivity contribution in [3.05, 3.63) is 29.8 Å². The Hall–Kier alpha value is -1.89. The number of sulfonamides is 1. The van der Waals surface area contributed by atoms with Gasteiger partial charge in [0, 0.05) is 18.6 Å². The highest BCUT2D eigenvalue weighted by Crippen LogP contribution is 2.25. The van der Waals surface area contributed by atoms with E-state index in [0.29, 0.717) is 18.6 Å². The van der Waals surface area contributed by atoms with E-state index < -0.39 is 10.0 Å². The fourth-order valence-corrected chi connectivity index (χ4v) is 2.68. The lowest BCUT2D eigenvalue weighted by atomic mass is 9.83. The zero-order valence-electron chi connectivity index (χ0n) is 11.3. The van der Waals surface area contributed by atoms with E-state index in [9.17, 15) is 13.2 Å². The number of nitrogens with one attached hydrogen (secondary N) is 1. The second kappa shape index (κ2) is 5.62. The van der Waals surface area contributed by atoms with Crippen molar-refractivity contribution in [2.75, 3.05) is 7.11 Å². The number of nitrogens with zero attached hydrogens (tertiary/aromatic N) is 1. The van der Waals surface area contributed by atoms with E-state index in [-0.39, 0.29) is 16.8 Å². The summed E-state index contributed by atoms with van der Waals surface area (Å²) in [5, 5.41) is 3.84. The number of carbonyl (C=O) groups is 1. The molecule has 0 aliphatic heterocycles. The number of methoxy groups -OCH3 is 1. The third-order valence-electron chi connectivity index (χ3n) is 3.15. The maximum Gasteiger partial charge on any atom is 0.309 e. The Morgan fingerprint density at radius 2 is 1.90 bits per heavy atom. The van der Waals surface area contributed by atoms with Crippen LogP contribution in [0.3, 0.4) is 0 Å².